The van der Waals surface area contributed by atoms with E-state index in [1.54, 1.807) is 18.2 Å². The Hall–Kier alpha value is -2.81. The van der Waals surface area contributed by atoms with Gasteiger partial charge in [-0.05, 0) is 36.6 Å². The van der Waals surface area contributed by atoms with Crippen molar-refractivity contribution in [3.05, 3.63) is 23.5 Å². The highest BCUT2D eigenvalue weighted by molar-refractivity contribution is 6.29. The predicted octanol–water partition coefficient (Wildman–Crippen LogP) is 2.12. The van der Waals surface area contributed by atoms with Gasteiger partial charge in [-0.3, -0.25) is 15.6 Å². The minimum absolute atomic E-state index is 0.00784. The number of hydrazine groups is 1. The molecule has 1 aliphatic heterocycles. The van der Waals surface area contributed by atoms with E-state index in [2.05, 4.69) is 20.8 Å². The highest BCUT2D eigenvalue weighted by Crippen LogP contribution is 2.29. The number of fused-ring (bicyclic) bond motifs is 1. The van der Waals surface area contributed by atoms with Crippen molar-refractivity contribution in [1.29, 1.82) is 0 Å². The number of hydrogen-bond donors (Lipinski definition) is 3. The van der Waals surface area contributed by atoms with Gasteiger partial charge in [0.1, 0.15) is 11.3 Å². The normalized spacial score (nSPS) is 17.0. The molecule has 3 N–H and O–H groups in total. The van der Waals surface area contributed by atoms with Crippen LogP contribution in [0.5, 0.6) is 5.75 Å². The maximum Gasteiger partial charge on any atom is 0.407 e. The number of carboxylic acid groups (broad SMARTS) is 1. The average molecular weight is 380 g/mol. The minimum Gasteiger partial charge on any atom is -0.494 e. The Bertz CT molecular complexity index is 847. The molecule has 1 aliphatic rings. The summed E-state index contributed by atoms with van der Waals surface area (Å²) in [4.78, 5) is 33.0. The van der Waals surface area contributed by atoms with Crippen LogP contribution in [0.2, 0.25) is 5.28 Å². The van der Waals surface area contributed by atoms with E-state index in [1.807, 2.05) is 0 Å². The van der Waals surface area contributed by atoms with Crippen molar-refractivity contribution in [3.63, 3.8) is 0 Å². The van der Waals surface area contributed by atoms with Gasteiger partial charge in [0, 0.05) is 18.5 Å². The summed E-state index contributed by atoms with van der Waals surface area (Å²) in [5.74, 6) is 0.135. The summed E-state index contributed by atoms with van der Waals surface area (Å²) in [6.07, 6.45) is 0.247. The van der Waals surface area contributed by atoms with Crippen LogP contribution in [0.25, 0.3) is 10.9 Å². The third kappa shape index (κ3) is 3.72. The molecule has 138 valence electrons. The lowest BCUT2D eigenvalue weighted by Gasteiger charge is -2.29. The van der Waals surface area contributed by atoms with Crippen LogP contribution in [-0.4, -0.2) is 52.2 Å². The van der Waals surface area contributed by atoms with Crippen LogP contribution >= 0.6 is 11.6 Å². The lowest BCUT2D eigenvalue weighted by molar-refractivity contribution is -0.125. The number of likely N-dealkylation sites (tertiary alicyclic amines) is 1. The Kier molecular flexibility index (Phi) is 5.27. The van der Waals surface area contributed by atoms with Gasteiger partial charge in [0.2, 0.25) is 11.2 Å². The fraction of sp³-hybridized carbons (Fsp3) is 0.375. The van der Waals surface area contributed by atoms with Crippen LogP contribution in [-0.2, 0) is 4.79 Å². The lowest BCUT2D eigenvalue weighted by Crippen LogP contribution is -2.46. The first-order valence-corrected chi connectivity index (χ1v) is 8.41. The van der Waals surface area contributed by atoms with Crippen molar-refractivity contribution in [1.82, 2.24) is 20.3 Å². The zero-order valence-corrected chi connectivity index (χ0v) is 14.8. The molecule has 9 nitrogen and oxygen atoms in total. The third-order valence-corrected chi connectivity index (χ3v) is 4.42. The van der Waals surface area contributed by atoms with E-state index in [4.69, 9.17) is 21.4 Å². The highest BCUT2D eigenvalue weighted by atomic mass is 35.5. The number of piperidine rings is 1. The Labute approximate surface area is 154 Å². The van der Waals surface area contributed by atoms with Gasteiger partial charge < -0.3 is 14.7 Å². The highest BCUT2D eigenvalue weighted by Gasteiger charge is 2.28. The number of aromatic nitrogens is 2. The number of nitrogens with one attached hydrogen (secondary N) is 2. The summed E-state index contributed by atoms with van der Waals surface area (Å²) in [6, 6.07) is 5.29. The molecule has 26 heavy (non-hydrogen) atoms. The van der Waals surface area contributed by atoms with Gasteiger partial charge in [0.15, 0.2) is 5.82 Å². The van der Waals surface area contributed by atoms with Crippen LogP contribution in [0.15, 0.2) is 18.2 Å². The van der Waals surface area contributed by atoms with E-state index in [0.717, 1.165) is 0 Å². The molecule has 1 aromatic carbocycles. The van der Waals surface area contributed by atoms with Crippen molar-refractivity contribution in [2.24, 2.45) is 5.92 Å². The van der Waals surface area contributed by atoms with Crippen molar-refractivity contribution in [2.45, 2.75) is 12.8 Å². The fourth-order valence-corrected chi connectivity index (χ4v) is 3.12. The number of nitrogens with zero attached hydrogens (tertiary/aromatic N) is 3. The van der Waals surface area contributed by atoms with Crippen molar-refractivity contribution in [3.8, 4) is 5.75 Å². The number of benzene rings is 1. The van der Waals surface area contributed by atoms with Gasteiger partial charge in [0.25, 0.3) is 0 Å². The molecule has 2 amide bonds. The number of anilines is 1. The number of amides is 2. The molecule has 1 aromatic heterocycles. The molecule has 0 saturated carbocycles. The summed E-state index contributed by atoms with van der Waals surface area (Å²) in [6.45, 7) is 0.612. The number of ether oxygens (including phenoxy) is 1. The zero-order valence-electron chi connectivity index (χ0n) is 14.0. The number of para-hydroxylation sites is 1. The molecule has 0 spiro atoms. The Morgan fingerprint density at radius 2 is 2.19 bits per heavy atom. The number of rotatable bonds is 4. The summed E-state index contributed by atoms with van der Waals surface area (Å²) < 4.78 is 5.27. The van der Waals surface area contributed by atoms with Gasteiger partial charge in [0.05, 0.1) is 13.0 Å². The topological polar surface area (TPSA) is 117 Å². The fourth-order valence-electron chi connectivity index (χ4n) is 2.95. The van der Waals surface area contributed by atoms with Crippen LogP contribution in [0.1, 0.15) is 12.8 Å². The Balaban J connectivity index is 1.75. The van der Waals surface area contributed by atoms with E-state index >= 15 is 0 Å². The summed E-state index contributed by atoms with van der Waals surface area (Å²) in [5, 5.41) is 9.72. The molecule has 1 atom stereocenters. The molecule has 2 aromatic rings. The van der Waals surface area contributed by atoms with Gasteiger partial charge in [-0.1, -0.05) is 6.07 Å². The second-order valence-corrected chi connectivity index (χ2v) is 6.22. The van der Waals surface area contributed by atoms with Gasteiger partial charge >= 0.3 is 6.09 Å². The first kappa shape index (κ1) is 18.0. The van der Waals surface area contributed by atoms with Crippen molar-refractivity contribution < 1.29 is 19.4 Å². The predicted molar refractivity (Wildman–Crippen MR) is 95.2 cm³/mol. The number of methoxy groups -OCH3 is 1. The molecular weight excluding hydrogens is 362 g/mol. The average Bonchev–Trinajstić information content (AvgIpc) is 2.65. The molecule has 0 bridgehead atoms. The summed E-state index contributed by atoms with van der Waals surface area (Å²) in [7, 11) is 1.52. The molecule has 0 radical (unpaired) electrons. The number of carbonyl (C=O) groups is 2. The van der Waals surface area contributed by atoms with E-state index in [9.17, 15) is 9.59 Å². The van der Waals surface area contributed by atoms with Crippen LogP contribution in [0.3, 0.4) is 0 Å². The molecule has 3 rings (SSSR count). The van der Waals surface area contributed by atoms with E-state index in [-0.39, 0.29) is 17.7 Å². The maximum atomic E-state index is 12.4. The summed E-state index contributed by atoms with van der Waals surface area (Å²) in [5.41, 5.74) is 5.87. The molecule has 1 fully saturated rings. The van der Waals surface area contributed by atoms with Crippen LogP contribution in [0.4, 0.5) is 10.6 Å². The van der Waals surface area contributed by atoms with Crippen LogP contribution in [0, 0.1) is 5.92 Å². The SMILES string of the molecule is COc1cccc2c(NNC(=O)[C@@H]3CCCN(C(=O)O)C3)nc(Cl)nc12. The third-order valence-electron chi connectivity index (χ3n) is 4.25. The van der Waals surface area contributed by atoms with Crippen molar-refractivity contribution in [2.75, 3.05) is 25.6 Å². The second kappa shape index (κ2) is 7.61. The first-order valence-electron chi connectivity index (χ1n) is 8.03. The monoisotopic (exact) mass is 379 g/mol. The van der Waals surface area contributed by atoms with Crippen LogP contribution < -0.4 is 15.6 Å². The number of carbonyl (C=O) groups excluding carboxylic acids is 1. The van der Waals surface area contributed by atoms with Gasteiger partial charge in [-0.25, -0.2) is 9.78 Å². The second-order valence-electron chi connectivity index (χ2n) is 5.88. The maximum absolute atomic E-state index is 12.4. The van der Waals surface area contributed by atoms with E-state index in [1.165, 1.54) is 12.0 Å². The van der Waals surface area contributed by atoms with Crippen molar-refractivity contribution >= 4 is 40.3 Å². The molecular formula is C16H18ClN5O4. The molecule has 0 aliphatic carbocycles. The summed E-state index contributed by atoms with van der Waals surface area (Å²) >= 11 is 5.97. The number of halogens is 1. The van der Waals surface area contributed by atoms with Gasteiger partial charge in [-0.15, -0.1) is 0 Å². The largest absolute Gasteiger partial charge is 0.494 e. The number of hydrogen-bond acceptors (Lipinski definition) is 6. The Morgan fingerprint density at radius 3 is 2.92 bits per heavy atom. The van der Waals surface area contributed by atoms with E-state index in [0.29, 0.717) is 41.9 Å². The zero-order chi connectivity index (χ0) is 18.7. The standard InChI is InChI=1S/C16H18ClN5O4/c1-26-11-6-2-5-10-12(11)18-15(17)19-13(10)20-21-14(23)9-4-3-7-22(8-9)16(24)25/h2,5-6,9H,3-4,7-8H2,1H3,(H,21,23)(H,24,25)(H,18,19,20)/t9-/m1/s1. The first-order chi connectivity index (χ1) is 12.5. The quantitative estimate of drug-likeness (QED) is 0.550. The molecule has 10 heteroatoms. The lowest BCUT2D eigenvalue weighted by atomic mass is 9.98. The molecule has 2 heterocycles. The Morgan fingerprint density at radius 1 is 1.38 bits per heavy atom. The molecule has 1 saturated heterocycles. The molecule has 0 unspecified atom stereocenters. The minimum atomic E-state index is -1.02. The smallest absolute Gasteiger partial charge is 0.407 e. The van der Waals surface area contributed by atoms with Gasteiger partial charge in [-0.2, -0.15) is 4.98 Å². The van der Waals surface area contributed by atoms with E-state index < -0.39 is 12.0 Å².